The second-order valence-corrected chi connectivity index (χ2v) is 9.18. The maximum atomic E-state index is 13.3. The van der Waals surface area contributed by atoms with Crippen molar-refractivity contribution < 1.29 is 17.9 Å². The fraction of sp³-hybridized carbons (Fsp3) is 0.207. The zero-order valence-electron chi connectivity index (χ0n) is 20.3. The number of hydrogen-bond donors (Lipinski definition) is 1. The monoisotopic (exact) mass is 515 g/mol. The van der Waals surface area contributed by atoms with E-state index in [1.54, 1.807) is 12.4 Å². The fourth-order valence-electron chi connectivity index (χ4n) is 4.73. The molecule has 0 radical (unpaired) electrons. The van der Waals surface area contributed by atoms with Crippen molar-refractivity contribution >= 4 is 22.4 Å². The number of aromatic nitrogens is 3. The van der Waals surface area contributed by atoms with E-state index >= 15 is 0 Å². The summed E-state index contributed by atoms with van der Waals surface area (Å²) in [6, 6.07) is 20.6. The maximum absolute atomic E-state index is 13.3. The van der Waals surface area contributed by atoms with Gasteiger partial charge in [-0.15, -0.1) is 0 Å². The topological polar surface area (TPSA) is 64.3 Å². The molecule has 38 heavy (non-hydrogen) atoms. The zero-order chi connectivity index (χ0) is 26.1. The Balaban J connectivity index is 1.59. The van der Waals surface area contributed by atoms with E-state index in [0.29, 0.717) is 24.6 Å². The predicted octanol–water partition coefficient (Wildman–Crippen LogP) is 6.37. The quantitative estimate of drug-likeness (QED) is 0.283. The number of para-hydroxylation sites is 2. The van der Waals surface area contributed by atoms with Crippen molar-refractivity contribution in [1.82, 2.24) is 14.5 Å². The summed E-state index contributed by atoms with van der Waals surface area (Å²) in [7, 11) is 0. The van der Waals surface area contributed by atoms with Gasteiger partial charge in [0.1, 0.15) is 0 Å². The van der Waals surface area contributed by atoms with Crippen LogP contribution in [0.1, 0.15) is 18.4 Å². The van der Waals surface area contributed by atoms with Crippen LogP contribution in [0.5, 0.6) is 0 Å². The molecule has 3 aliphatic rings. The van der Waals surface area contributed by atoms with Crippen LogP contribution >= 0.6 is 0 Å². The summed E-state index contributed by atoms with van der Waals surface area (Å²) in [6.45, 7) is 1.32. The SMILES string of the molecule is FC(F)(F)c1ccc(-n2c3c/c(=N\C4CCOCC4)c(Nc4cccnc4)cc-3nc3ccccc32)cc1. The molecule has 3 heterocycles. The van der Waals surface area contributed by atoms with Crippen LogP contribution in [0.4, 0.5) is 24.5 Å². The number of ether oxygens (including phenoxy) is 1. The molecule has 2 aromatic carbocycles. The van der Waals surface area contributed by atoms with Crippen LogP contribution in [0, 0.1) is 0 Å². The number of fused-ring (bicyclic) bond motifs is 2. The van der Waals surface area contributed by atoms with Crippen molar-refractivity contribution in [3.8, 4) is 17.1 Å². The van der Waals surface area contributed by atoms with Gasteiger partial charge < -0.3 is 14.6 Å². The summed E-state index contributed by atoms with van der Waals surface area (Å²) in [5.74, 6) is 0. The Labute approximate surface area is 216 Å². The second-order valence-electron chi connectivity index (χ2n) is 9.18. The third-order valence-corrected chi connectivity index (χ3v) is 6.60. The number of halogens is 3. The van der Waals surface area contributed by atoms with Crippen molar-refractivity contribution in [1.29, 1.82) is 0 Å². The van der Waals surface area contributed by atoms with Crippen LogP contribution in [0.3, 0.4) is 0 Å². The molecule has 0 spiro atoms. The number of nitrogens with zero attached hydrogens (tertiary/aromatic N) is 4. The molecular formula is C29H24F3N5O. The third-order valence-electron chi connectivity index (χ3n) is 6.60. The van der Waals surface area contributed by atoms with E-state index in [1.807, 2.05) is 53.1 Å². The minimum Gasteiger partial charge on any atom is -0.381 e. The average molecular weight is 516 g/mol. The molecular weight excluding hydrogens is 491 g/mol. The van der Waals surface area contributed by atoms with Crippen LogP contribution in [0.15, 0.2) is 90.2 Å². The summed E-state index contributed by atoms with van der Waals surface area (Å²) in [6.07, 6.45) is 0.672. The number of nitrogens with one attached hydrogen (secondary N) is 1. The number of alkyl halides is 3. The number of anilines is 2. The molecule has 0 saturated carbocycles. The van der Waals surface area contributed by atoms with Crippen LogP contribution in [0.25, 0.3) is 28.1 Å². The Morgan fingerprint density at radius 1 is 0.947 bits per heavy atom. The van der Waals surface area contributed by atoms with Crippen LogP contribution in [-0.2, 0) is 10.9 Å². The lowest BCUT2D eigenvalue weighted by atomic mass is 10.1. The van der Waals surface area contributed by atoms with Gasteiger partial charge in [0.2, 0.25) is 0 Å². The molecule has 1 fully saturated rings. The Kier molecular flexibility index (Phi) is 6.29. The van der Waals surface area contributed by atoms with Crippen LogP contribution < -0.4 is 10.7 Å². The van der Waals surface area contributed by atoms with Gasteiger partial charge in [-0.05, 0) is 73.5 Å². The summed E-state index contributed by atoms with van der Waals surface area (Å²) < 4.78 is 47.3. The van der Waals surface area contributed by atoms with E-state index in [2.05, 4.69) is 10.3 Å². The molecule has 3 aromatic rings. The smallest absolute Gasteiger partial charge is 0.381 e. The third kappa shape index (κ3) is 4.84. The summed E-state index contributed by atoms with van der Waals surface area (Å²) >= 11 is 0. The molecule has 0 unspecified atom stereocenters. The van der Waals surface area contributed by atoms with Gasteiger partial charge >= 0.3 is 6.18 Å². The Morgan fingerprint density at radius 2 is 1.74 bits per heavy atom. The van der Waals surface area contributed by atoms with E-state index in [1.165, 1.54) is 12.1 Å². The lowest BCUT2D eigenvalue weighted by Gasteiger charge is -2.22. The molecule has 6 rings (SSSR count). The van der Waals surface area contributed by atoms with Gasteiger partial charge in [-0.3, -0.25) is 9.98 Å². The number of benzene rings is 3. The van der Waals surface area contributed by atoms with Gasteiger partial charge in [0.25, 0.3) is 0 Å². The lowest BCUT2D eigenvalue weighted by Crippen LogP contribution is -2.23. The first-order chi connectivity index (χ1) is 18.5. The van der Waals surface area contributed by atoms with Crippen molar-refractivity contribution in [3.63, 3.8) is 0 Å². The van der Waals surface area contributed by atoms with E-state index in [4.69, 9.17) is 14.7 Å². The maximum Gasteiger partial charge on any atom is 0.416 e. The van der Waals surface area contributed by atoms with E-state index in [9.17, 15) is 13.2 Å². The fourth-order valence-corrected chi connectivity index (χ4v) is 4.73. The molecule has 1 saturated heterocycles. The second kappa shape index (κ2) is 9.90. The molecule has 1 aromatic heterocycles. The van der Waals surface area contributed by atoms with Crippen molar-refractivity contribution in [2.75, 3.05) is 18.5 Å². The molecule has 2 aliphatic heterocycles. The van der Waals surface area contributed by atoms with E-state index < -0.39 is 11.7 Å². The lowest BCUT2D eigenvalue weighted by molar-refractivity contribution is -0.137. The Morgan fingerprint density at radius 3 is 2.47 bits per heavy atom. The normalized spacial score (nSPS) is 15.3. The van der Waals surface area contributed by atoms with E-state index in [0.717, 1.165) is 58.4 Å². The molecule has 192 valence electrons. The van der Waals surface area contributed by atoms with Gasteiger partial charge in [-0.25, -0.2) is 4.98 Å². The highest BCUT2D eigenvalue weighted by Crippen LogP contribution is 2.33. The number of pyridine rings is 1. The largest absolute Gasteiger partial charge is 0.416 e. The minimum absolute atomic E-state index is 0.101. The molecule has 9 heteroatoms. The number of hydrogen-bond acceptors (Lipinski definition) is 5. The minimum atomic E-state index is -4.41. The van der Waals surface area contributed by atoms with Gasteiger partial charge in [0.05, 0.1) is 57.0 Å². The van der Waals surface area contributed by atoms with Gasteiger partial charge in [-0.1, -0.05) is 12.1 Å². The van der Waals surface area contributed by atoms with Gasteiger partial charge in [0, 0.05) is 25.1 Å². The molecule has 1 N–H and O–H groups in total. The zero-order valence-corrected chi connectivity index (χ0v) is 20.3. The highest BCUT2D eigenvalue weighted by molar-refractivity contribution is 5.84. The van der Waals surface area contributed by atoms with E-state index in [-0.39, 0.29) is 6.04 Å². The molecule has 0 atom stereocenters. The highest BCUT2D eigenvalue weighted by Gasteiger charge is 2.30. The first-order valence-corrected chi connectivity index (χ1v) is 12.4. The molecule has 0 bridgehead atoms. The van der Waals surface area contributed by atoms with Crippen molar-refractivity contribution in [3.05, 3.63) is 96.1 Å². The van der Waals surface area contributed by atoms with Crippen molar-refractivity contribution in [2.24, 2.45) is 4.99 Å². The van der Waals surface area contributed by atoms with Crippen LogP contribution in [-0.4, -0.2) is 33.8 Å². The van der Waals surface area contributed by atoms with Gasteiger partial charge in [-0.2, -0.15) is 13.2 Å². The van der Waals surface area contributed by atoms with Crippen molar-refractivity contribution in [2.45, 2.75) is 25.1 Å². The summed E-state index contributed by atoms with van der Waals surface area (Å²) in [4.78, 5) is 14.2. The molecule has 6 nitrogen and oxygen atoms in total. The molecule has 1 aliphatic carbocycles. The first-order valence-electron chi connectivity index (χ1n) is 12.4. The van der Waals surface area contributed by atoms with Gasteiger partial charge in [0.15, 0.2) is 0 Å². The number of rotatable bonds is 4. The Hall–Kier alpha value is -4.24. The summed E-state index contributed by atoms with van der Waals surface area (Å²) in [5.41, 5.74) is 4.43. The van der Waals surface area contributed by atoms with Crippen LogP contribution in [0.2, 0.25) is 0 Å². The predicted molar refractivity (Wildman–Crippen MR) is 140 cm³/mol. The standard InChI is InChI=1S/C29H24F3N5O/c30-29(31,32)19-7-9-22(10-8-19)37-27-6-2-1-5-23(27)36-26-16-24(35-21-4-3-13-33-18-21)25(17-28(26)37)34-20-11-14-38-15-12-20/h1-10,13,16-18,20,35H,11-12,14-15H2/b34-25+. The first kappa shape index (κ1) is 24.1. The Bertz CT molecular complexity index is 1610. The average Bonchev–Trinajstić information content (AvgIpc) is 2.93. The molecule has 0 amide bonds. The highest BCUT2D eigenvalue weighted by atomic mass is 19.4. The summed E-state index contributed by atoms with van der Waals surface area (Å²) in [5, 5.41) is 4.17.